The predicted octanol–water partition coefficient (Wildman–Crippen LogP) is 3.76. The normalized spacial score (nSPS) is 17.1. The van der Waals surface area contributed by atoms with Gasteiger partial charge >= 0.3 is 0 Å². The maximum atomic E-state index is 13.3. The third-order valence-corrected chi connectivity index (χ3v) is 4.51. The van der Waals surface area contributed by atoms with Gasteiger partial charge in [0.15, 0.2) is 11.6 Å². The molecule has 3 rings (SSSR count). The first-order chi connectivity index (χ1) is 11.6. The van der Waals surface area contributed by atoms with Crippen LogP contribution in [0.5, 0.6) is 0 Å². The van der Waals surface area contributed by atoms with Gasteiger partial charge in [0, 0.05) is 24.7 Å². The highest BCUT2D eigenvalue weighted by atomic mass is 35.5. The molecule has 25 heavy (non-hydrogen) atoms. The van der Waals surface area contributed by atoms with Crippen LogP contribution in [-0.4, -0.2) is 30.4 Å². The number of hydrogen-bond donors (Lipinski definition) is 1. The molecule has 0 spiro atoms. The van der Waals surface area contributed by atoms with Gasteiger partial charge in [-0.05, 0) is 29.3 Å². The fourth-order valence-corrected chi connectivity index (χ4v) is 3.21. The second kappa shape index (κ2) is 8.61. The van der Waals surface area contributed by atoms with Crippen molar-refractivity contribution in [2.45, 2.75) is 12.5 Å². The lowest BCUT2D eigenvalue weighted by Crippen LogP contribution is -2.49. The number of benzene rings is 2. The molecule has 0 saturated carbocycles. The van der Waals surface area contributed by atoms with Crippen LogP contribution in [0.4, 0.5) is 8.78 Å². The summed E-state index contributed by atoms with van der Waals surface area (Å²) in [6.07, 6.45) is 0.0259. The van der Waals surface area contributed by atoms with Crippen molar-refractivity contribution in [1.29, 1.82) is 0 Å². The molecule has 0 radical (unpaired) electrons. The number of halogens is 4. The van der Waals surface area contributed by atoms with Crippen molar-refractivity contribution in [2.24, 2.45) is 0 Å². The van der Waals surface area contributed by atoms with Crippen LogP contribution in [0.25, 0.3) is 0 Å². The van der Waals surface area contributed by atoms with E-state index < -0.39 is 11.6 Å². The highest BCUT2D eigenvalue weighted by molar-refractivity contribution is 6.31. The summed E-state index contributed by atoms with van der Waals surface area (Å²) >= 11 is 6.27. The molecule has 3 nitrogen and oxygen atoms in total. The molecule has 7 heteroatoms. The number of nitrogens with one attached hydrogen (secondary N) is 1. The summed E-state index contributed by atoms with van der Waals surface area (Å²) in [5, 5.41) is 3.87. The summed E-state index contributed by atoms with van der Waals surface area (Å²) < 4.78 is 26.4. The highest BCUT2D eigenvalue weighted by Crippen LogP contribution is 2.29. The van der Waals surface area contributed by atoms with Gasteiger partial charge in [-0.25, -0.2) is 8.78 Å². The molecule has 1 heterocycles. The lowest BCUT2D eigenvalue weighted by molar-refractivity contribution is -0.133. The summed E-state index contributed by atoms with van der Waals surface area (Å²) in [5.74, 6) is -1.99. The first-order valence-corrected chi connectivity index (χ1v) is 8.12. The Morgan fingerprint density at radius 2 is 1.96 bits per heavy atom. The van der Waals surface area contributed by atoms with Gasteiger partial charge in [-0.15, -0.1) is 12.4 Å². The van der Waals surface area contributed by atoms with Crippen molar-refractivity contribution in [3.8, 4) is 0 Å². The Balaban J connectivity index is 0.00000225. The third kappa shape index (κ3) is 4.48. The molecule has 0 aliphatic carbocycles. The molecule has 2 aromatic carbocycles. The highest BCUT2D eigenvalue weighted by Gasteiger charge is 2.29. The first-order valence-electron chi connectivity index (χ1n) is 7.75. The maximum absolute atomic E-state index is 13.3. The Morgan fingerprint density at radius 3 is 2.68 bits per heavy atom. The monoisotopic (exact) mass is 386 g/mol. The summed E-state index contributed by atoms with van der Waals surface area (Å²) in [6.45, 7) is 1.83. The molecule has 1 saturated heterocycles. The Bertz CT molecular complexity index is 758. The topological polar surface area (TPSA) is 32.3 Å². The minimum absolute atomic E-state index is 0. The van der Waals surface area contributed by atoms with Gasteiger partial charge in [0.25, 0.3) is 0 Å². The van der Waals surface area contributed by atoms with Crippen molar-refractivity contribution < 1.29 is 13.6 Å². The lowest BCUT2D eigenvalue weighted by atomic mass is 10.0. The molecular formula is C18H18Cl2F2N2O. The van der Waals surface area contributed by atoms with Gasteiger partial charge in [0.05, 0.1) is 12.5 Å². The molecule has 0 bridgehead atoms. The zero-order chi connectivity index (χ0) is 17.1. The summed E-state index contributed by atoms with van der Waals surface area (Å²) in [7, 11) is 0. The molecule has 2 aromatic rings. The van der Waals surface area contributed by atoms with E-state index in [1.807, 2.05) is 18.2 Å². The van der Waals surface area contributed by atoms with Crippen molar-refractivity contribution in [3.05, 3.63) is 70.2 Å². The smallest absolute Gasteiger partial charge is 0.227 e. The van der Waals surface area contributed by atoms with Crippen LogP contribution in [0.1, 0.15) is 17.2 Å². The SMILES string of the molecule is Cl.O=C(Cc1ccc(F)c(F)c1)N1CCNCC1c1ccccc1Cl. The first kappa shape index (κ1) is 19.6. The average molecular weight is 387 g/mol. The molecule has 1 fully saturated rings. The van der Waals surface area contributed by atoms with Crippen molar-refractivity contribution in [2.75, 3.05) is 19.6 Å². The van der Waals surface area contributed by atoms with Crippen molar-refractivity contribution in [1.82, 2.24) is 10.2 Å². The van der Waals surface area contributed by atoms with Crippen LogP contribution in [0.2, 0.25) is 5.02 Å². The van der Waals surface area contributed by atoms with E-state index in [9.17, 15) is 13.6 Å². The van der Waals surface area contributed by atoms with Gasteiger partial charge in [-0.3, -0.25) is 4.79 Å². The van der Waals surface area contributed by atoms with Crippen LogP contribution < -0.4 is 5.32 Å². The molecule has 1 unspecified atom stereocenters. The van der Waals surface area contributed by atoms with Crippen LogP contribution in [-0.2, 0) is 11.2 Å². The van der Waals surface area contributed by atoms with Gasteiger partial charge < -0.3 is 10.2 Å². The van der Waals surface area contributed by atoms with Gasteiger partial charge in [0.2, 0.25) is 5.91 Å². The van der Waals surface area contributed by atoms with E-state index in [1.165, 1.54) is 6.07 Å². The summed E-state index contributed by atoms with van der Waals surface area (Å²) in [5.41, 5.74) is 1.33. The largest absolute Gasteiger partial charge is 0.333 e. The minimum Gasteiger partial charge on any atom is -0.333 e. The number of nitrogens with zero attached hydrogens (tertiary/aromatic N) is 1. The molecule has 1 amide bonds. The Hall–Kier alpha value is -1.69. The fraction of sp³-hybridized carbons (Fsp3) is 0.278. The molecule has 0 aromatic heterocycles. The van der Waals surface area contributed by atoms with E-state index >= 15 is 0 Å². The van der Waals surface area contributed by atoms with E-state index in [4.69, 9.17) is 11.6 Å². The van der Waals surface area contributed by atoms with Crippen LogP contribution in [0, 0.1) is 11.6 Å². The van der Waals surface area contributed by atoms with E-state index in [0.717, 1.165) is 17.7 Å². The molecule has 1 aliphatic rings. The average Bonchev–Trinajstić information content (AvgIpc) is 2.59. The van der Waals surface area contributed by atoms with E-state index in [2.05, 4.69) is 5.32 Å². The predicted molar refractivity (Wildman–Crippen MR) is 96.1 cm³/mol. The fourth-order valence-electron chi connectivity index (χ4n) is 2.95. The quantitative estimate of drug-likeness (QED) is 0.870. The number of amides is 1. The minimum atomic E-state index is -0.941. The van der Waals surface area contributed by atoms with Crippen LogP contribution in [0.15, 0.2) is 42.5 Å². The Labute approximate surface area is 156 Å². The van der Waals surface area contributed by atoms with Crippen LogP contribution >= 0.6 is 24.0 Å². The second-order valence-electron chi connectivity index (χ2n) is 5.75. The number of hydrogen-bond acceptors (Lipinski definition) is 2. The number of rotatable bonds is 3. The molecule has 134 valence electrons. The number of carbonyl (C=O) groups excluding carboxylic acids is 1. The van der Waals surface area contributed by atoms with E-state index in [0.29, 0.717) is 30.2 Å². The molecule has 1 N–H and O–H groups in total. The van der Waals surface area contributed by atoms with Gasteiger partial charge in [-0.2, -0.15) is 0 Å². The van der Waals surface area contributed by atoms with E-state index in [1.54, 1.807) is 11.0 Å². The standard InChI is InChI=1S/C18H17ClF2N2O.ClH/c19-14-4-2-1-3-13(14)17-11-22-7-8-23(17)18(24)10-12-5-6-15(20)16(21)9-12;/h1-6,9,17,22H,7-8,10-11H2;1H. The van der Waals surface area contributed by atoms with Crippen molar-refractivity contribution >= 4 is 29.9 Å². The van der Waals surface area contributed by atoms with Gasteiger partial charge in [0.1, 0.15) is 0 Å². The lowest BCUT2D eigenvalue weighted by Gasteiger charge is -2.37. The number of piperazine rings is 1. The second-order valence-corrected chi connectivity index (χ2v) is 6.16. The molecule has 1 atom stereocenters. The zero-order valence-electron chi connectivity index (χ0n) is 13.3. The number of carbonyl (C=O) groups is 1. The van der Waals surface area contributed by atoms with Gasteiger partial charge in [-0.1, -0.05) is 35.9 Å². The third-order valence-electron chi connectivity index (χ3n) is 4.17. The maximum Gasteiger partial charge on any atom is 0.227 e. The molecular weight excluding hydrogens is 369 g/mol. The summed E-state index contributed by atoms with van der Waals surface area (Å²) in [6, 6.07) is 10.8. The zero-order valence-corrected chi connectivity index (χ0v) is 14.9. The van der Waals surface area contributed by atoms with Crippen LogP contribution in [0.3, 0.4) is 0 Å². The molecule has 1 aliphatic heterocycles. The van der Waals surface area contributed by atoms with E-state index in [-0.39, 0.29) is 30.8 Å². The summed E-state index contributed by atoms with van der Waals surface area (Å²) in [4.78, 5) is 14.4. The Morgan fingerprint density at radius 1 is 1.20 bits per heavy atom. The Kier molecular flexibility index (Phi) is 6.76. The van der Waals surface area contributed by atoms with Crippen molar-refractivity contribution in [3.63, 3.8) is 0 Å².